The zero-order chi connectivity index (χ0) is 23.7. The molecule has 1 unspecified atom stereocenters. The highest BCUT2D eigenvalue weighted by Gasteiger charge is 2.34. The molecular weight excluding hydrogens is 428 g/mol. The van der Waals surface area contributed by atoms with E-state index in [-0.39, 0.29) is 41.6 Å². The number of carbonyl (C=O) groups is 1. The van der Waals surface area contributed by atoms with Gasteiger partial charge in [-0.15, -0.1) is 0 Å². The highest BCUT2D eigenvalue weighted by molar-refractivity contribution is 6.04. The zero-order valence-corrected chi connectivity index (χ0v) is 18.0. The van der Waals surface area contributed by atoms with Crippen LogP contribution in [0.4, 0.5) is 0 Å². The Kier molecular flexibility index (Phi) is 5.74. The fraction of sp³-hybridized carbons (Fsp3) is 0.217. The molecule has 1 amide bonds. The normalized spacial score (nSPS) is 15.4. The molecule has 1 aliphatic heterocycles. The van der Waals surface area contributed by atoms with Crippen molar-refractivity contribution < 1.29 is 19.7 Å². The first kappa shape index (κ1) is 21.9. The number of phenolic OH excluding ortho intramolecular Hbond substituents is 1. The number of aromatic nitrogens is 2. The number of benzene rings is 2. The van der Waals surface area contributed by atoms with Gasteiger partial charge in [-0.25, -0.2) is 9.80 Å². The van der Waals surface area contributed by atoms with E-state index in [0.29, 0.717) is 5.56 Å². The molecule has 1 atom stereocenters. The number of hydrogen-bond acceptors (Lipinski definition) is 7. The summed E-state index contributed by atoms with van der Waals surface area (Å²) in [6, 6.07) is 13.1. The smallest absolute Gasteiger partial charge is 0.331 e. The van der Waals surface area contributed by atoms with E-state index >= 15 is 0 Å². The maximum absolute atomic E-state index is 12.6. The molecule has 4 rings (SSSR count). The Hall–Kier alpha value is -4.34. The van der Waals surface area contributed by atoms with E-state index < -0.39 is 23.2 Å². The molecule has 3 N–H and O–H groups in total. The number of aromatic hydroxyl groups is 2. The third-order valence-corrected chi connectivity index (χ3v) is 5.46. The van der Waals surface area contributed by atoms with Gasteiger partial charge < -0.3 is 14.9 Å². The SMILES string of the molecule is COc1ccc(C2CC(c3c(O)n(Cc4ccccc4)c(=O)[nH]c3=O)=NN2C(C)=O)cc1O. The second-order valence-corrected chi connectivity index (χ2v) is 7.59. The van der Waals surface area contributed by atoms with Crippen molar-refractivity contribution in [3.63, 3.8) is 0 Å². The van der Waals surface area contributed by atoms with E-state index in [1.807, 2.05) is 6.07 Å². The molecule has 0 saturated carbocycles. The largest absolute Gasteiger partial charge is 0.504 e. The highest BCUT2D eigenvalue weighted by Crippen LogP contribution is 2.37. The van der Waals surface area contributed by atoms with E-state index in [2.05, 4.69) is 10.1 Å². The lowest BCUT2D eigenvalue weighted by molar-refractivity contribution is -0.130. The van der Waals surface area contributed by atoms with Gasteiger partial charge in [0.2, 0.25) is 11.8 Å². The number of aromatic amines is 1. The third kappa shape index (κ3) is 4.10. The molecule has 1 aliphatic rings. The van der Waals surface area contributed by atoms with Crippen molar-refractivity contribution in [3.05, 3.63) is 86.1 Å². The van der Waals surface area contributed by atoms with Gasteiger partial charge in [0.05, 0.1) is 25.4 Å². The van der Waals surface area contributed by atoms with Gasteiger partial charge in [0.15, 0.2) is 11.5 Å². The van der Waals surface area contributed by atoms with Crippen molar-refractivity contribution in [2.24, 2.45) is 5.10 Å². The number of hydrazone groups is 1. The van der Waals surface area contributed by atoms with Crippen LogP contribution >= 0.6 is 0 Å². The second-order valence-electron chi connectivity index (χ2n) is 7.59. The number of rotatable bonds is 5. The average molecular weight is 450 g/mol. The van der Waals surface area contributed by atoms with E-state index in [0.717, 1.165) is 10.1 Å². The lowest BCUT2D eigenvalue weighted by Crippen LogP contribution is -2.34. The van der Waals surface area contributed by atoms with Gasteiger partial charge in [0.25, 0.3) is 5.56 Å². The lowest BCUT2D eigenvalue weighted by Gasteiger charge is -2.21. The van der Waals surface area contributed by atoms with Crippen LogP contribution in [0.1, 0.15) is 36.1 Å². The standard InChI is InChI=1S/C23H22N4O6/c1-13(28)27-17(15-8-9-19(33-2)18(29)10-15)11-16(25-27)20-21(30)24-23(32)26(22(20)31)12-14-6-4-3-5-7-14/h3-10,17,29,31H,11-12H2,1-2H3,(H,24,30,32). The van der Waals surface area contributed by atoms with Gasteiger partial charge in [-0.05, 0) is 23.3 Å². The van der Waals surface area contributed by atoms with Gasteiger partial charge in [0.1, 0.15) is 5.56 Å². The summed E-state index contributed by atoms with van der Waals surface area (Å²) in [6.07, 6.45) is 0.0888. The molecule has 0 aliphatic carbocycles. The van der Waals surface area contributed by atoms with Gasteiger partial charge in [-0.3, -0.25) is 19.1 Å². The molecule has 33 heavy (non-hydrogen) atoms. The van der Waals surface area contributed by atoms with Crippen LogP contribution in [0, 0.1) is 0 Å². The fourth-order valence-electron chi connectivity index (χ4n) is 3.86. The van der Waals surface area contributed by atoms with Crippen molar-refractivity contribution in [3.8, 4) is 17.4 Å². The van der Waals surface area contributed by atoms with Crippen molar-refractivity contribution in [2.45, 2.75) is 25.9 Å². The number of phenols is 1. The molecular formula is C23H22N4O6. The van der Waals surface area contributed by atoms with Crippen LogP contribution in [0.25, 0.3) is 0 Å². The van der Waals surface area contributed by atoms with Crippen LogP contribution in [0.5, 0.6) is 17.4 Å². The van der Waals surface area contributed by atoms with Crippen molar-refractivity contribution >= 4 is 11.6 Å². The van der Waals surface area contributed by atoms with Crippen LogP contribution in [0.15, 0.2) is 63.2 Å². The Morgan fingerprint density at radius 1 is 1.18 bits per heavy atom. The highest BCUT2D eigenvalue weighted by atomic mass is 16.5. The summed E-state index contributed by atoms with van der Waals surface area (Å²) in [4.78, 5) is 39.5. The van der Waals surface area contributed by atoms with E-state index in [4.69, 9.17) is 4.74 Å². The number of hydrogen-bond donors (Lipinski definition) is 3. The van der Waals surface area contributed by atoms with Gasteiger partial charge in [-0.1, -0.05) is 36.4 Å². The van der Waals surface area contributed by atoms with Crippen LogP contribution in [0.3, 0.4) is 0 Å². The summed E-state index contributed by atoms with van der Waals surface area (Å²) in [7, 11) is 1.42. The molecule has 0 fully saturated rings. The predicted octanol–water partition coefficient (Wildman–Crippen LogP) is 1.70. The molecule has 1 aromatic heterocycles. The molecule has 0 saturated heterocycles. The zero-order valence-electron chi connectivity index (χ0n) is 18.0. The Morgan fingerprint density at radius 3 is 2.55 bits per heavy atom. The topological polar surface area (TPSA) is 137 Å². The number of ether oxygens (including phenoxy) is 1. The minimum absolute atomic E-state index is 0.0365. The lowest BCUT2D eigenvalue weighted by atomic mass is 9.98. The first-order valence-corrected chi connectivity index (χ1v) is 10.1. The average Bonchev–Trinajstić information content (AvgIpc) is 3.22. The number of nitrogens with zero attached hydrogens (tertiary/aromatic N) is 3. The third-order valence-electron chi connectivity index (χ3n) is 5.46. The quantitative estimate of drug-likeness (QED) is 0.541. The predicted molar refractivity (Wildman–Crippen MR) is 120 cm³/mol. The summed E-state index contributed by atoms with van der Waals surface area (Å²) in [5.41, 5.74) is -0.289. The van der Waals surface area contributed by atoms with E-state index in [9.17, 15) is 24.6 Å². The number of methoxy groups -OCH3 is 1. The fourth-order valence-corrected chi connectivity index (χ4v) is 3.86. The monoisotopic (exact) mass is 450 g/mol. The molecule has 2 aromatic carbocycles. The van der Waals surface area contributed by atoms with Crippen LogP contribution < -0.4 is 16.0 Å². The van der Waals surface area contributed by atoms with E-state index in [1.165, 1.54) is 25.1 Å². The summed E-state index contributed by atoms with van der Waals surface area (Å²) in [6.45, 7) is 1.36. The molecule has 0 radical (unpaired) electrons. The van der Waals surface area contributed by atoms with Crippen molar-refractivity contribution in [2.75, 3.05) is 7.11 Å². The van der Waals surface area contributed by atoms with Crippen LogP contribution in [0.2, 0.25) is 0 Å². The molecule has 2 heterocycles. The summed E-state index contributed by atoms with van der Waals surface area (Å²) in [5, 5.41) is 26.5. The van der Waals surface area contributed by atoms with Gasteiger partial charge in [-0.2, -0.15) is 5.10 Å². The van der Waals surface area contributed by atoms with Crippen molar-refractivity contribution in [1.29, 1.82) is 0 Å². The van der Waals surface area contributed by atoms with Crippen molar-refractivity contribution in [1.82, 2.24) is 14.6 Å². The first-order chi connectivity index (χ1) is 15.8. The van der Waals surface area contributed by atoms with E-state index in [1.54, 1.807) is 36.4 Å². The van der Waals surface area contributed by atoms with Gasteiger partial charge in [0, 0.05) is 13.3 Å². The summed E-state index contributed by atoms with van der Waals surface area (Å²) >= 11 is 0. The Balaban J connectivity index is 1.76. The van der Waals surface area contributed by atoms with Crippen LogP contribution in [-0.4, -0.2) is 43.5 Å². The second kappa shape index (κ2) is 8.65. The Morgan fingerprint density at radius 2 is 1.91 bits per heavy atom. The minimum atomic E-state index is -0.803. The maximum Gasteiger partial charge on any atom is 0.331 e. The molecule has 10 heteroatoms. The first-order valence-electron chi connectivity index (χ1n) is 10.1. The number of nitrogens with one attached hydrogen (secondary N) is 1. The molecule has 10 nitrogen and oxygen atoms in total. The Bertz CT molecular complexity index is 1360. The molecule has 3 aromatic rings. The number of H-pyrrole nitrogens is 1. The number of carbonyl (C=O) groups excluding carboxylic acids is 1. The Labute approximate surface area is 188 Å². The summed E-state index contributed by atoms with van der Waals surface area (Å²) < 4.78 is 6.10. The minimum Gasteiger partial charge on any atom is -0.504 e. The van der Waals surface area contributed by atoms with Crippen LogP contribution in [-0.2, 0) is 11.3 Å². The maximum atomic E-state index is 12.6. The molecule has 0 spiro atoms. The molecule has 170 valence electrons. The molecule has 0 bridgehead atoms. The summed E-state index contributed by atoms with van der Waals surface area (Å²) in [5.74, 6) is -0.759. The van der Waals surface area contributed by atoms with Gasteiger partial charge >= 0.3 is 5.69 Å². The number of amides is 1.